The lowest BCUT2D eigenvalue weighted by Crippen LogP contribution is -2.52. The fraction of sp³-hybridized carbons (Fsp3) is 0.440. The zero-order valence-corrected chi connectivity index (χ0v) is 24.7. The largest absolute Gasteiger partial charge is 0.417 e. The van der Waals surface area contributed by atoms with Crippen LogP contribution in [0.2, 0.25) is 15.1 Å². The van der Waals surface area contributed by atoms with Gasteiger partial charge < -0.3 is 10.2 Å². The number of nitrogens with one attached hydrogen (secondary N) is 1. The van der Waals surface area contributed by atoms with Crippen molar-refractivity contribution < 1.29 is 31.2 Å². The van der Waals surface area contributed by atoms with Crippen molar-refractivity contribution in [3.63, 3.8) is 0 Å². The minimum atomic E-state index is -4.87. The molecule has 0 radical (unpaired) electrons. The first-order chi connectivity index (χ1) is 18.0. The maximum absolute atomic E-state index is 13.7. The molecule has 2 aromatic rings. The molecule has 0 aliphatic rings. The third-order valence-corrected chi connectivity index (χ3v) is 7.86. The molecule has 1 atom stereocenters. The molecule has 14 heteroatoms. The first kappa shape index (κ1) is 33.0. The molecule has 0 spiro atoms. The van der Waals surface area contributed by atoms with E-state index in [1.807, 2.05) is 13.8 Å². The van der Waals surface area contributed by atoms with E-state index >= 15 is 0 Å². The van der Waals surface area contributed by atoms with Crippen molar-refractivity contribution in [2.75, 3.05) is 23.7 Å². The molecule has 0 aromatic heterocycles. The lowest BCUT2D eigenvalue weighted by Gasteiger charge is -2.33. The van der Waals surface area contributed by atoms with Crippen molar-refractivity contribution in [1.29, 1.82) is 0 Å². The number of hydrogen-bond donors (Lipinski definition) is 1. The summed E-state index contributed by atoms with van der Waals surface area (Å²) in [6, 6.07) is 6.14. The average molecular weight is 631 g/mol. The molecule has 0 unspecified atom stereocenters. The summed E-state index contributed by atoms with van der Waals surface area (Å²) in [5, 5.41) is 2.55. The Balaban J connectivity index is 2.57. The summed E-state index contributed by atoms with van der Waals surface area (Å²) in [5.41, 5.74) is -1.36. The van der Waals surface area contributed by atoms with Crippen molar-refractivity contribution in [3.05, 3.63) is 62.6 Å². The van der Waals surface area contributed by atoms with Crippen LogP contribution in [0.5, 0.6) is 0 Å². The second-order valence-electron chi connectivity index (χ2n) is 9.22. The number of anilines is 1. The molecule has 0 fully saturated rings. The Hall–Kier alpha value is -2.21. The summed E-state index contributed by atoms with van der Waals surface area (Å²) in [6.45, 7) is 4.62. The minimum Gasteiger partial charge on any atom is -0.354 e. The van der Waals surface area contributed by atoms with Gasteiger partial charge in [-0.25, -0.2) is 8.42 Å². The predicted molar refractivity (Wildman–Crippen MR) is 148 cm³/mol. The second-order valence-corrected chi connectivity index (χ2v) is 12.3. The zero-order chi connectivity index (χ0) is 29.7. The molecule has 0 aliphatic heterocycles. The number of nitrogens with zero attached hydrogens (tertiary/aromatic N) is 2. The molecule has 0 heterocycles. The van der Waals surface area contributed by atoms with Crippen LogP contribution in [0.25, 0.3) is 0 Å². The van der Waals surface area contributed by atoms with E-state index in [0.29, 0.717) is 22.5 Å². The van der Waals surface area contributed by atoms with Crippen LogP contribution in [0.4, 0.5) is 18.9 Å². The van der Waals surface area contributed by atoms with E-state index in [2.05, 4.69) is 5.32 Å². The third kappa shape index (κ3) is 8.89. The summed E-state index contributed by atoms with van der Waals surface area (Å²) < 4.78 is 66.3. The van der Waals surface area contributed by atoms with E-state index in [9.17, 15) is 31.2 Å². The first-order valence-corrected chi connectivity index (χ1v) is 14.8. The lowest BCUT2D eigenvalue weighted by atomic mass is 10.1. The van der Waals surface area contributed by atoms with Gasteiger partial charge >= 0.3 is 6.18 Å². The van der Waals surface area contributed by atoms with Crippen LogP contribution in [-0.2, 0) is 32.3 Å². The summed E-state index contributed by atoms with van der Waals surface area (Å²) in [5.74, 6) is -1.23. The number of sulfonamides is 1. The monoisotopic (exact) mass is 629 g/mol. The summed E-state index contributed by atoms with van der Waals surface area (Å²) >= 11 is 18.3. The molecule has 0 aliphatic carbocycles. The quantitative estimate of drug-likeness (QED) is 0.330. The van der Waals surface area contributed by atoms with Gasteiger partial charge in [0.15, 0.2) is 0 Å². The molecule has 1 N–H and O–H groups in total. The van der Waals surface area contributed by atoms with Crippen molar-refractivity contribution >= 4 is 62.3 Å². The average Bonchev–Trinajstić information content (AvgIpc) is 2.81. The van der Waals surface area contributed by atoms with E-state index < -0.39 is 56.9 Å². The van der Waals surface area contributed by atoms with E-state index in [0.717, 1.165) is 23.3 Å². The van der Waals surface area contributed by atoms with Gasteiger partial charge in [0, 0.05) is 28.7 Å². The number of rotatable bonds is 11. The third-order valence-electron chi connectivity index (χ3n) is 5.68. The minimum absolute atomic E-state index is 0.113. The van der Waals surface area contributed by atoms with Gasteiger partial charge in [0.25, 0.3) is 0 Å². The molecule has 0 bridgehead atoms. The van der Waals surface area contributed by atoms with Crippen LogP contribution in [0.1, 0.15) is 38.3 Å². The maximum Gasteiger partial charge on any atom is 0.417 e. The molecule has 0 saturated heterocycles. The smallest absolute Gasteiger partial charge is 0.354 e. The predicted octanol–water partition coefficient (Wildman–Crippen LogP) is 6.01. The summed E-state index contributed by atoms with van der Waals surface area (Å²) in [6.07, 6.45) is -3.96. The fourth-order valence-corrected chi connectivity index (χ4v) is 5.28. The number of benzene rings is 2. The molecule has 2 rings (SSSR count). The standard InChI is InChI=1S/C25H29Cl3F3N3O4S/c1-5-22(24(36)32-12-15(2)3)33(13-17-19(26)7-6-8-20(17)27)23(35)14-34(39(4,37)38)16-9-10-21(28)18(11-16)25(29,30)31/h6-11,15,22H,5,12-14H2,1-4H3,(H,32,36)/t22-/m1/s1. The molecule has 7 nitrogen and oxygen atoms in total. The van der Waals surface area contributed by atoms with Gasteiger partial charge in [0.05, 0.1) is 22.5 Å². The topological polar surface area (TPSA) is 86.8 Å². The van der Waals surface area contributed by atoms with Gasteiger partial charge in [0.1, 0.15) is 12.6 Å². The van der Waals surface area contributed by atoms with Gasteiger partial charge in [-0.3, -0.25) is 13.9 Å². The Morgan fingerprint density at radius 1 is 1.03 bits per heavy atom. The maximum atomic E-state index is 13.7. The highest BCUT2D eigenvalue weighted by atomic mass is 35.5. The number of halogens is 6. The van der Waals surface area contributed by atoms with Crippen LogP contribution in [-0.4, -0.2) is 50.5 Å². The Labute approximate surface area is 241 Å². The molecule has 39 heavy (non-hydrogen) atoms. The van der Waals surface area contributed by atoms with Crippen LogP contribution < -0.4 is 9.62 Å². The number of carbonyl (C=O) groups excluding carboxylic acids is 2. The zero-order valence-electron chi connectivity index (χ0n) is 21.7. The molecule has 2 amide bonds. The normalized spacial score (nSPS) is 12.8. The molecule has 216 valence electrons. The molecule has 0 saturated carbocycles. The van der Waals surface area contributed by atoms with Gasteiger partial charge in [-0.2, -0.15) is 13.2 Å². The van der Waals surface area contributed by atoms with Crippen molar-refractivity contribution in [2.45, 2.75) is 46.0 Å². The van der Waals surface area contributed by atoms with Crippen LogP contribution in [0.3, 0.4) is 0 Å². The van der Waals surface area contributed by atoms with Crippen LogP contribution >= 0.6 is 34.8 Å². The SMILES string of the molecule is CC[C@H](C(=O)NCC(C)C)N(Cc1c(Cl)cccc1Cl)C(=O)CN(c1ccc(Cl)c(C(F)(F)F)c1)S(C)(=O)=O. The second kappa shape index (κ2) is 13.4. The summed E-state index contributed by atoms with van der Waals surface area (Å²) in [4.78, 5) is 27.9. The van der Waals surface area contributed by atoms with E-state index in [-0.39, 0.29) is 28.9 Å². The number of hydrogen-bond acceptors (Lipinski definition) is 4. The van der Waals surface area contributed by atoms with E-state index in [1.165, 1.54) is 0 Å². The Kier molecular flexibility index (Phi) is 11.4. The number of alkyl halides is 3. The number of carbonyl (C=O) groups is 2. The van der Waals surface area contributed by atoms with Crippen molar-refractivity contribution in [3.8, 4) is 0 Å². The van der Waals surface area contributed by atoms with Gasteiger partial charge in [0.2, 0.25) is 21.8 Å². The highest BCUT2D eigenvalue weighted by Gasteiger charge is 2.36. The fourth-order valence-electron chi connectivity index (χ4n) is 3.70. The highest BCUT2D eigenvalue weighted by molar-refractivity contribution is 7.92. The van der Waals surface area contributed by atoms with Crippen molar-refractivity contribution in [2.24, 2.45) is 5.92 Å². The van der Waals surface area contributed by atoms with Crippen LogP contribution in [0, 0.1) is 5.92 Å². The summed E-state index contributed by atoms with van der Waals surface area (Å²) in [7, 11) is -4.26. The Bertz CT molecular complexity index is 1290. The molecule has 2 aromatic carbocycles. The van der Waals surface area contributed by atoms with Gasteiger partial charge in [-0.1, -0.05) is 61.6 Å². The molecular weight excluding hydrogens is 602 g/mol. The van der Waals surface area contributed by atoms with Crippen molar-refractivity contribution in [1.82, 2.24) is 10.2 Å². The Morgan fingerprint density at radius 3 is 2.10 bits per heavy atom. The lowest BCUT2D eigenvalue weighted by molar-refractivity contribution is -0.140. The van der Waals surface area contributed by atoms with Gasteiger partial charge in [-0.15, -0.1) is 0 Å². The Morgan fingerprint density at radius 2 is 1.62 bits per heavy atom. The van der Waals surface area contributed by atoms with E-state index in [1.54, 1.807) is 25.1 Å². The van der Waals surface area contributed by atoms with Crippen LogP contribution in [0.15, 0.2) is 36.4 Å². The van der Waals surface area contributed by atoms with E-state index in [4.69, 9.17) is 34.8 Å². The number of amides is 2. The molecular formula is C25H29Cl3F3N3O4S. The van der Waals surface area contributed by atoms with Gasteiger partial charge in [-0.05, 0) is 42.7 Å². The first-order valence-electron chi connectivity index (χ1n) is 11.8. The highest BCUT2D eigenvalue weighted by Crippen LogP contribution is 2.37.